The van der Waals surface area contributed by atoms with Gasteiger partial charge in [0.25, 0.3) is 0 Å². The maximum absolute atomic E-state index is 12.9. The second-order valence-corrected chi connectivity index (χ2v) is 14.5. The molecule has 4 N–H and O–H groups in total. The van der Waals surface area contributed by atoms with Gasteiger partial charge < -0.3 is 20.4 Å². The third-order valence-corrected chi connectivity index (χ3v) is 11.9. The SMILES string of the molecule is CC(CC(O)C(O)C(C)(C)O)C1=C2CCC3C4(C)CCC(=O)C(C)(C)C4CCC3(C)C2(C)CC1O. The first kappa shape index (κ1) is 27.3. The number of fused-ring (bicyclic) bond motifs is 5. The van der Waals surface area contributed by atoms with Gasteiger partial charge in [-0.1, -0.05) is 47.1 Å². The topological polar surface area (TPSA) is 98.0 Å². The quantitative estimate of drug-likeness (QED) is 0.415. The molecule has 35 heavy (non-hydrogen) atoms. The maximum atomic E-state index is 12.9. The van der Waals surface area contributed by atoms with Crippen LogP contribution in [0.3, 0.4) is 0 Å². The zero-order chi connectivity index (χ0) is 26.4. The van der Waals surface area contributed by atoms with E-state index in [4.69, 9.17) is 0 Å². The number of allylic oxidation sites excluding steroid dienone is 1. The summed E-state index contributed by atoms with van der Waals surface area (Å²) in [5.41, 5.74) is 0.848. The van der Waals surface area contributed by atoms with Crippen molar-refractivity contribution in [3.05, 3.63) is 11.1 Å². The van der Waals surface area contributed by atoms with E-state index < -0.39 is 23.9 Å². The van der Waals surface area contributed by atoms with Crippen molar-refractivity contribution in [3.63, 3.8) is 0 Å². The predicted octanol–water partition coefficient (Wildman–Crippen LogP) is 4.79. The highest BCUT2D eigenvalue weighted by molar-refractivity contribution is 5.85. The smallest absolute Gasteiger partial charge is 0.138 e. The standard InChI is InChI=1S/C30H50O5/c1-17(15-19(31)25(34)27(4,5)35)24-18-9-10-22-28(6)13-12-23(33)26(2,3)21(28)11-14-29(22,7)30(18,8)16-20(24)32/h17,19-22,25,31-32,34-35H,9-16H2,1-8H3. The van der Waals surface area contributed by atoms with E-state index in [0.717, 1.165) is 37.7 Å². The van der Waals surface area contributed by atoms with Crippen LogP contribution in [0.4, 0.5) is 0 Å². The molecule has 3 saturated carbocycles. The van der Waals surface area contributed by atoms with Crippen LogP contribution in [0, 0.1) is 39.4 Å². The molecule has 0 aromatic carbocycles. The van der Waals surface area contributed by atoms with E-state index in [1.54, 1.807) is 0 Å². The summed E-state index contributed by atoms with van der Waals surface area (Å²) in [6, 6.07) is 0. The van der Waals surface area contributed by atoms with Crippen molar-refractivity contribution >= 4 is 5.78 Å². The van der Waals surface area contributed by atoms with Crippen molar-refractivity contribution in [2.24, 2.45) is 39.4 Å². The molecule has 4 aliphatic carbocycles. The Morgan fingerprint density at radius 1 is 1.00 bits per heavy atom. The van der Waals surface area contributed by atoms with Crippen molar-refractivity contribution < 1.29 is 25.2 Å². The Labute approximate surface area is 212 Å². The molecule has 0 heterocycles. The first-order valence-corrected chi connectivity index (χ1v) is 13.9. The van der Waals surface area contributed by atoms with Crippen LogP contribution in [0.2, 0.25) is 0 Å². The lowest BCUT2D eigenvalue weighted by Gasteiger charge is -2.68. The van der Waals surface area contributed by atoms with Crippen LogP contribution in [0.25, 0.3) is 0 Å². The first-order valence-electron chi connectivity index (χ1n) is 13.9. The van der Waals surface area contributed by atoms with E-state index in [1.165, 1.54) is 19.4 Å². The van der Waals surface area contributed by atoms with Crippen LogP contribution in [0.1, 0.15) is 107 Å². The normalized spacial score (nSPS) is 43.8. The molecule has 0 aromatic rings. The Morgan fingerprint density at radius 2 is 1.63 bits per heavy atom. The maximum Gasteiger partial charge on any atom is 0.138 e. The van der Waals surface area contributed by atoms with E-state index in [9.17, 15) is 25.2 Å². The molecule has 200 valence electrons. The van der Waals surface area contributed by atoms with Crippen LogP contribution in [0.5, 0.6) is 0 Å². The number of aliphatic hydroxyl groups excluding tert-OH is 3. The zero-order valence-corrected chi connectivity index (χ0v) is 23.3. The number of ketones is 1. The highest BCUT2D eigenvalue weighted by atomic mass is 16.4. The number of carbonyl (C=O) groups is 1. The van der Waals surface area contributed by atoms with Crippen molar-refractivity contribution in [1.29, 1.82) is 0 Å². The Hall–Kier alpha value is -0.750. The number of Topliss-reactive ketones (excluding diaryl/α,β-unsaturated/α-hetero) is 1. The molecule has 0 spiro atoms. The molecule has 0 amide bonds. The third-order valence-electron chi connectivity index (χ3n) is 11.9. The summed E-state index contributed by atoms with van der Waals surface area (Å²) in [5.74, 6) is 1.27. The van der Waals surface area contributed by atoms with E-state index in [1.807, 2.05) is 6.92 Å². The lowest BCUT2D eigenvalue weighted by molar-refractivity contribution is -0.181. The average molecular weight is 491 g/mol. The molecule has 0 aromatic heterocycles. The van der Waals surface area contributed by atoms with Gasteiger partial charge in [-0.3, -0.25) is 4.79 Å². The summed E-state index contributed by atoms with van der Waals surface area (Å²) >= 11 is 0. The summed E-state index contributed by atoms with van der Waals surface area (Å²) in [7, 11) is 0. The van der Waals surface area contributed by atoms with Crippen LogP contribution in [-0.2, 0) is 4.79 Å². The van der Waals surface area contributed by atoms with E-state index >= 15 is 0 Å². The summed E-state index contributed by atoms with van der Waals surface area (Å²) in [6.07, 6.45) is 4.01. The van der Waals surface area contributed by atoms with E-state index in [0.29, 0.717) is 36.9 Å². The molecule has 4 aliphatic rings. The van der Waals surface area contributed by atoms with Crippen molar-refractivity contribution in [1.82, 2.24) is 0 Å². The van der Waals surface area contributed by atoms with Gasteiger partial charge in [-0.15, -0.1) is 0 Å². The Balaban J connectivity index is 1.67. The van der Waals surface area contributed by atoms with Gasteiger partial charge in [0.1, 0.15) is 11.9 Å². The second kappa shape index (κ2) is 8.38. The molecule has 4 rings (SSSR count). The van der Waals surface area contributed by atoms with Crippen molar-refractivity contribution in [2.45, 2.75) is 131 Å². The lowest BCUT2D eigenvalue weighted by atomic mass is 9.36. The fourth-order valence-electron chi connectivity index (χ4n) is 9.80. The van der Waals surface area contributed by atoms with Crippen LogP contribution >= 0.6 is 0 Å². The molecule has 3 fully saturated rings. The molecule has 0 bridgehead atoms. The molecule has 9 atom stereocenters. The van der Waals surface area contributed by atoms with E-state index in [-0.39, 0.29) is 27.6 Å². The van der Waals surface area contributed by atoms with Gasteiger partial charge in [-0.05, 0) is 98.4 Å². The van der Waals surface area contributed by atoms with Crippen LogP contribution < -0.4 is 0 Å². The fraction of sp³-hybridized carbons (Fsp3) is 0.900. The molecular weight excluding hydrogens is 440 g/mol. The van der Waals surface area contributed by atoms with Gasteiger partial charge in [0.2, 0.25) is 0 Å². The highest BCUT2D eigenvalue weighted by Gasteiger charge is 2.67. The summed E-state index contributed by atoms with van der Waals surface area (Å²) < 4.78 is 0. The first-order chi connectivity index (χ1) is 15.9. The van der Waals surface area contributed by atoms with E-state index in [2.05, 4.69) is 34.6 Å². The van der Waals surface area contributed by atoms with Gasteiger partial charge >= 0.3 is 0 Å². The largest absolute Gasteiger partial charge is 0.390 e. The summed E-state index contributed by atoms with van der Waals surface area (Å²) in [4.78, 5) is 12.9. The molecule has 9 unspecified atom stereocenters. The molecule has 0 radical (unpaired) electrons. The number of hydrogen-bond donors (Lipinski definition) is 4. The Kier molecular flexibility index (Phi) is 6.53. The summed E-state index contributed by atoms with van der Waals surface area (Å²) in [5, 5.41) is 42.6. The predicted molar refractivity (Wildman–Crippen MR) is 138 cm³/mol. The molecule has 5 heteroatoms. The zero-order valence-electron chi connectivity index (χ0n) is 23.3. The summed E-state index contributed by atoms with van der Waals surface area (Å²) in [6.45, 7) is 16.7. The third kappa shape index (κ3) is 3.82. The van der Waals surface area contributed by atoms with Gasteiger partial charge in [-0.2, -0.15) is 0 Å². The minimum atomic E-state index is -1.38. The minimum Gasteiger partial charge on any atom is -0.390 e. The molecule has 0 saturated heterocycles. The average Bonchev–Trinajstić information content (AvgIpc) is 3.00. The Morgan fingerprint density at radius 3 is 2.23 bits per heavy atom. The second-order valence-electron chi connectivity index (χ2n) is 14.5. The molecule has 5 nitrogen and oxygen atoms in total. The molecular formula is C30H50O5. The van der Waals surface area contributed by atoms with Crippen LogP contribution in [-0.4, -0.2) is 50.1 Å². The van der Waals surface area contributed by atoms with Gasteiger partial charge in [-0.25, -0.2) is 0 Å². The van der Waals surface area contributed by atoms with Crippen LogP contribution in [0.15, 0.2) is 11.1 Å². The monoisotopic (exact) mass is 490 g/mol. The Bertz CT molecular complexity index is 899. The van der Waals surface area contributed by atoms with Crippen molar-refractivity contribution in [2.75, 3.05) is 0 Å². The molecule has 0 aliphatic heterocycles. The fourth-order valence-corrected chi connectivity index (χ4v) is 9.80. The lowest BCUT2D eigenvalue weighted by Crippen LogP contribution is -2.62. The van der Waals surface area contributed by atoms with Gasteiger partial charge in [0, 0.05) is 11.8 Å². The van der Waals surface area contributed by atoms with Crippen molar-refractivity contribution in [3.8, 4) is 0 Å². The van der Waals surface area contributed by atoms with Gasteiger partial charge in [0.05, 0.1) is 17.8 Å². The minimum absolute atomic E-state index is 0.0516. The number of rotatable bonds is 5. The number of hydrogen-bond acceptors (Lipinski definition) is 5. The number of carbonyl (C=O) groups excluding carboxylic acids is 1. The van der Waals surface area contributed by atoms with Gasteiger partial charge in [0.15, 0.2) is 0 Å². The number of aliphatic hydroxyl groups is 4. The highest BCUT2D eigenvalue weighted by Crippen LogP contribution is 2.74.